The first kappa shape index (κ1) is 15.6. The second-order valence-corrected chi connectivity index (χ2v) is 5.70. The summed E-state index contributed by atoms with van der Waals surface area (Å²) < 4.78 is 37.3. The molecule has 3 atom stereocenters. The summed E-state index contributed by atoms with van der Waals surface area (Å²) in [6.45, 7) is -0.537. The lowest BCUT2D eigenvalue weighted by Gasteiger charge is -2.30. The molecule has 0 aromatic carbocycles. The fourth-order valence-corrected chi connectivity index (χ4v) is 3.00. The SMILES string of the molecule is CSC1CCCC(NCC(C(=O)O)C(F)(F)F)C1. The van der Waals surface area contributed by atoms with Crippen LogP contribution in [0.2, 0.25) is 0 Å². The Hall–Kier alpha value is -0.430. The molecular formula is C11H18F3NO2S. The second kappa shape index (κ2) is 6.65. The van der Waals surface area contributed by atoms with Gasteiger partial charge in [0.25, 0.3) is 0 Å². The van der Waals surface area contributed by atoms with Crippen molar-refractivity contribution in [1.29, 1.82) is 0 Å². The molecule has 7 heteroatoms. The molecule has 106 valence electrons. The summed E-state index contributed by atoms with van der Waals surface area (Å²) in [5.74, 6) is -4.13. The van der Waals surface area contributed by atoms with Crippen LogP contribution < -0.4 is 5.32 Å². The van der Waals surface area contributed by atoms with E-state index in [1.165, 1.54) is 0 Å². The zero-order chi connectivity index (χ0) is 13.8. The van der Waals surface area contributed by atoms with Crippen molar-refractivity contribution in [1.82, 2.24) is 5.32 Å². The summed E-state index contributed by atoms with van der Waals surface area (Å²) in [6.07, 6.45) is 0.996. The van der Waals surface area contributed by atoms with Crippen molar-refractivity contribution in [3.8, 4) is 0 Å². The third-order valence-corrected chi connectivity index (χ3v) is 4.36. The van der Waals surface area contributed by atoms with Gasteiger partial charge in [-0.25, -0.2) is 0 Å². The molecule has 1 fully saturated rings. The fraction of sp³-hybridized carbons (Fsp3) is 0.909. The van der Waals surface area contributed by atoms with Crippen LogP contribution in [0.3, 0.4) is 0 Å². The zero-order valence-electron chi connectivity index (χ0n) is 10.2. The molecule has 0 radical (unpaired) electrons. The van der Waals surface area contributed by atoms with Crippen molar-refractivity contribution >= 4 is 17.7 Å². The van der Waals surface area contributed by atoms with Crippen LogP contribution in [0.25, 0.3) is 0 Å². The van der Waals surface area contributed by atoms with Crippen LogP contribution in [0.1, 0.15) is 25.7 Å². The monoisotopic (exact) mass is 285 g/mol. The first-order valence-corrected chi connectivity index (χ1v) is 7.19. The lowest BCUT2D eigenvalue weighted by Crippen LogP contribution is -2.44. The van der Waals surface area contributed by atoms with E-state index in [1.54, 1.807) is 11.8 Å². The molecule has 1 saturated carbocycles. The van der Waals surface area contributed by atoms with Crippen LogP contribution in [-0.2, 0) is 4.79 Å². The summed E-state index contributed by atoms with van der Waals surface area (Å²) in [4.78, 5) is 10.6. The Labute approximate surface area is 109 Å². The molecule has 0 aromatic heterocycles. The van der Waals surface area contributed by atoms with E-state index in [0.717, 1.165) is 25.7 Å². The number of hydrogen-bond donors (Lipinski definition) is 2. The molecule has 0 amide bonds. The van der Waals surface area contributed by atoms with Crippen LogP contribution in [0, 0.1) is 5.92 Å². The Morgan fingerprint density at radius 3 is 2.67 bits per heavy atom. The van der Waals surface area contributed by atoms with E-state index in [0.29, 0.717) is 5.25 Å². The first-order valence-electron chi connectivity index (χ1n) is 5.90. The molecule has 0 heterocycles. The molecule has 1 aliphatic rings. The topological polar surface area (TPSA) is 49.3 Å². The third-order valence-electron chi connectivity index (χ3n) is 3.26. The van der Waals surface area contributed by atoms with Crippen LogP contribution >= 0.6 is 11.8 Å². The number of carboxylic acid groups (broad SMARTS) is 1. The normalized spacial score (nSPS) is 26.9. The van der Waals surface area contributed by atoms with Gasteiger partial charge in [-0.1, -0.05) is 6.42 Å². The second-order valence-electron chi connectivity index (χ2n) is 4.56. The quantitative estimate of drug-likeness (QED) is 0.815. The number of hydrogen-bond acceptors (Lipinski definition) is 3. The Balaban J connectivity index is 2.45. The maximum atomic E-state index is 12.4. The molecule has 2 N–H and O–H groups in total. The molecule has 3 unspecified atom stereocenters. The number of carbonyl (C=O) groups is 1. The lowest BCUT2D eigenvalue weighted by molar-refractivity contribution is -0.192. The minimum atomic E-state index is -4.69. The number of alkyl halides is 3. The van der Waals surface area contributed by atoms with Crippen molar-refractivity contribution in [3.63, 3.8) is 0 Å². The molecule has 3 nitrogen and oxygen atoms in total. The van der Waals surface area contributed by atoms with Crippen LogP contribution in [0.5, 0.6) is 0 Å². The molecule has 0 spiro atoms. The average molecular weight is 285 g/mol. The smallest absolute Gasteiger partial charge is 0.403 e. The number of halogens is 3. The highest BCUT2D eigenvalue weighted by Crippen LogP contribution is 2.29. The number of thioether (sulfide) groups is 1. The Kier molecular flexibility index (Phi) is 5.78. The molecule has 0 saturated heterocycles. The standard InChI is InChI=1S/C11H18F3NO2S/c1-18-8-4-2-3-7(5-8)15-6-9(10(16)17)11(12,13)14/h7-9,15H,2-6H2,1H3,(H,16,17). The van der Waals surface area contributed by atoms with Crippen molar-refractivity contribution in [2.75, 3.05) is 12.8 Å². The number of aliphatic carboxylic acids is 1. The minimum Gasteiger partial charge on any atom is -0.481 e. The largest absolute Gasteiger partial charge is 0.481 e. The molecule has 0 aromatic rings. The lowest BCUT2D eigenvalue weighted by atomic mass is 9.94. The number of carboxylic acids is 1. The summed E-state index contributed by atoms with van der Waals surface area (Å²) in [5, 5.41) is 11.8. The van der Waals surface area contributed by atoms with Gasteiger partial charge in [-0.05, 0) is 25.5 Å². The Bertz CT molecular complexity index is 286. The van der Waals surface area contributed by atoms with E-state index in [9.17, 15) is 18.0 Å². The maximum Gasteiger partial charge on any atom is 0.403 e. The van der Waals surface area contributed by atoms with Gasteiger partial charge in [0.15, 0.2) is 5.92 Å². The number of rotatable bonds is 5. The van der Waals surface area contributed by atoms with Gasteiger partial charge >= 0.3 is 12.1 Å². The molecule has 0 bridgehead atoms. The van der Waals surface area contributed by atoms with Crippen molar-refractivity contribution in [2.45, 2.75) is 43.2 Å². The summed E-state index contributed by atoms with van der Waals surface area (Å²) >= 11 is 1.72. The predicted octanol–water partition coefficient (Wildman–Crippen LogP) is 2.51. The van der Waals surface area contributed by atoms with E-state index >= 15 is 0 Å². The van der Waals surface area contributed by atoms with E-state index in [4.69, 9.17) is 5.11 Å². The van der Waals surface area contributed by atoms with Gasteiger partial charge in [0.05, 0.1) is 0 Å². The Morgan fingerprint density at radius 2 is 2.17 bits per heavy atom. The van der Waals surface area contributed by atoms with Gasteiger partial charge in [-0.15, -0.1) is 0 Å². The van der Waals surface area contributed by atoms with E-state index in [1.807, 2.05) is 6.26 Å². The molecular weight excluding hydrogens is 267 g/mol. The Morgan fingerprint density at radius 1 is 1.50 bits per heavy atom. The molecule has 1 aliphatic carbocycles. The predicted molar refractivity (Wildman–Crippen MR) is 64.7 cm³/mol. The van der Waals surface area contributed by atoms with Crippen LogP contribution in [0.4, 0.5) is 13.2 Å². The van der Waals surface area contributed by atoms with Crippen molar-refractivity contribution in [3.05, 3.63) is 0 Å². The van der Waals surface area contributed by atoms with Gasteiger partial charge in [-0.2, -0.15) is 24.9 Å². The van der Waals surface area contributed by atoms with Gasteiger partial charge in [0, 0.05) is 17.8 Å². The van der Waals surface area contributed by atoms with Gasteiger partial charge in [0.1, 0.15) is 0 Å². The van der Waals surface area contributed by atoms with Crippen molar-refractivity contribution in [2.24, 2.45) is 5.92 Å². The highest BCUT2D eigenvalue weighted by Gasteiger charge is 2.45. The summed E-state index contributed by atoms with van der Waals surface area (Å²) in [7, 11) is 0. The summed E-state index contributed by atoms with van der Waals surface area (Å²) in [5.41, 5.74) is 0. The fourth-order valence-electron chi connectivity index (χ4n) is 2.17. The highest BCUT2D eigenvalue weighted by molar-refractivity contribution is 7.99. The van der Waals surface area contributed by atoms with Gasteiger partial charge in [0.2, 0.25) is 0 Å². The first-order chi connectivity index (χ1) is 8.34. The average Bonchev–Trinajstić information content (AvgIpc) is 2.27. The van der Waals surface area contributed by atoms with Crippen LogP contribution in [0.15, 0.2) is 0 Å². The molecule has 1 rings (SSSR count). The molecule has 0 aliphatic heterocycles. The third kappa shape index (κ3) is 4.68. The number of nitrogens with one attached hydrogen (secondary N) is 1. The van der Waals surface area contributed by atoms with E-state index in [2.05, 4.69) is 5.32 Å². The van der Waals surface area contributed by atoms with E-state index < -0.39 is 24.6 Å². The molecule has 18 heavy (non-hydrogen) atoms. The minimum absolute atomic E-state index is 0.000370. The highest BCUT2D eigenvalue weighted by atomic mass is 32.2. The summed E-state index contributed by atoms with van der Waals surface area (Å²) in [6, 6.07) is 0.000370. The van der Waals surface area contributed by atoms with E-state index in [-0.39, 0.29) is 6.04 Å². The van der Waals surface area contributed by atoms with Gasteiger partial charge in [-0.3, -0.25) is 4.79 Å². The maximum absolute atomic E-state index is 12.4. The van der Waals surface area contributed by atoms with Crippen LogP contribution in [-0.4, -0.2) is 41.3 Å². The zero-order valence-corrected chi connectivity index (χ0v) is 11.0. The van der Waals surface area contributed by atoms with Gasteiger partial charge < -0.3 is 10.4 Å². The van der Waals surface area contributed by atoms with Crippen molar-refractivity contribution < 1.29 is 23.1 Å².